The molecule has 0 aliphatic carbocycles. The van der Waals surface area contributed by atoms with Gasteiger partial charge in [-0.1, -0.05) is 30.3 Å². The minimum absolute atomic E-state index is 0.0740. The van der Waals surface area contributed by atoms with Gasteiger partial charge in [-0.3, -0.25) is 19.2 Å². The van der Waals surface area contributed by atoms with Crippen LogP contribution in [0.15, 0.2) is 30.3 Å². The van der Waals surface area contributed by atoms with E-state index in [0.29, 0.717) is 5.56 Å². The first-order valence-electron chi connectivity index (χ1n) is 9.59. The molecule has 1 aromatic carbocycles. The highest BCUT2D eigenvalue weighted by Crippen LogP contribution is 2.04. The summed E-state index contributed by atoms with van der Waals surface area (Å²) in [6.07, 6.45) is -2.05. The highest BCUT2D eigenvalue weighted by molar-refractivity contribution is 5.92. The molecule has 0 heterocycles. The fourth-order valence-electron chi connectivity index (χ4n) is 2.45. The second kappa shape index (κ2) is 13.4. The number of alkyl carbamates (subject to hydrolysis) is 1. The first-order chi connectivity index (χ1) is 15.1. The summed E-state index contributed by atoms with van der Waals surface area (Å²) in [4.78, 5) is 69.1. The Hall–Kier alpha value is -3.96. The van der Waals surface area contributed by atoms with Crippen molar-refractivity contribution in [2.45, 2.75) is 50.9 Å². The minimum Gasteiger partial charge on any atom is -0.481 e. The van der Waals surface area contributed by atoms with Gasteiger partial charge in [0.15, 0.2) is 0 Å². The van der Waals surface area contributed by atoms with Crippen molar-refractivity contribution >= 4 is 36.1 Å². The van der Waals surface area contributed by atoms with Crippen molar-refractivity contribution in [2.75, 3.05) is 0 Å². The van der Waals surface area contributed by atoms with Crippen LogP contribution in [0.5, 0.6) is 0 Å². The summed E-state index contributed by atoms with van der Waals surface area (Å²) in [5.74, 6) is -4.19. The molecule has 0 fully saturated rings. The molecule has 0 saturated heterocycles. The first kappa shape index (κ1) is 26.1. The van der Waals surface area contributed by atoms with E-state index in [2.05, 4.69) is 16.0 Å². The Labute approximate surface area is 183 Å². The molecule has 32 heavy (non-hydrogen) atoms. The molecule has 0 aliphatic rings. The van der Waals surface area contributed by atoms with Gasteiger partial charge in [-0.05, 0) is 18.9 Å². The third kappa shape index (κ3) is 10.2. The van der Waals surface area contributed by atoms with Gasteiger partial charge in [-0.2, -0.15) is 0 Å². The lowest BCUT2D eigenvalue weighted by Gasteiger charge is -2.21. The fraction of sp³-hybridized carbons (Fsp3) is 0.400. The van der Waals surface area contributed by atoms with E-state index in [4.69, 9.17) is 14.9 Å². The van der Waals surface area contributed by atoms with E-state index in [1.165, 1.54) is 6.92 Å². The average Bonchev–Trinajstić information content (AvgIpc) is 2.74. The third-order valence-corrected chi connectivity index (χ3v) is 4.11. The smallest absolute Gasteiger partial charge is 0.408 e. The number of ether oxygens (including phenoxy) is 1. The molecular weight excluding hydrogens is 426 g/mol. The van der Waals surface area contributed by atoms with Crippen LogP contribution in [0.25, 0.3) is 0 Å². The standard InChI is InChI=1S/C20H25N3O9/c1-12(18(29)22-14(10-24)9-17(27)28)21-19(30)15(7-8-16(25)26)23-20(31)32-11-13-5-3-2-4-6-13/h2-6,10,12,14-15H,7-9,11H2,1H3,(H,21,30)(H,22,29)(H,23,31)(H,25,26)(H,27,28)/t12-,14-,15-/m0/s1. The van der Waals surface area contributed by atoms with Crippen LogP contribution in [0.1, 0.15) is 31.7 Å². The molecule has 0 aromatic heterocycles. The molecule has 0 radical (unpaired) electrons. The number of hydrogen-bond acceptors (Lipinski definition) is 7. The van der Waals surface area contributed by atoms with Crippen molar-refractivity contribution in [1.29, 1.82) is 0 Å². The predicted molar refractivity (Wildman–Crippen MR) is 108 cm³/mol. The number of nitrogens with one attached hydrogen (secondary N) is 3. The Morgan fingerprint density at radius 2 is 1.62 bits per heavy atom. The quantitative estimate of drug-likeness (QED) is 0.253. The van der Waals surface area contributed by atoms with Crippen molar-refractivity contribution in [2.24, 2.45) is 0 Å². The van der Waals surface area contributed by atoms with Gasteiger partial charge in [0, 0.05) is 6.42 Å². The fourth-order valence-corrected chi connectivity index (χ4v) is 2.45. The second-order valence-electron chi connectivity index (χ2n) is 6.77. The molecular formula is C20H25N3O9. The Bertz CT molecular complexity index is 829. The van der Waals surface area contributed by atoms with Gasteiger partial charge in [0.25, 0.3) is 0 Å². The van der Waals surface area contributed by atoms with Crippen molar-refractivity contribution in [1.82, 2.24) is 16.0 Å². The lowest BCUT2D eigenvalue weighted by Crippen LogP contribution is -2.54. The van der Waals surface area contributed by atoms with E-state index < -0.39 is 60.8 Å². The van der Waals surface area contributed by atoms with Crippen LogP contribution in [-0.4, -0.2) is 64.5 Å². The maximum Gasteiger partial charge on any atom is 0.408 e. The summed E-state index contributed by atoms with van der Waals surface area (Å²) in [7, 11) is 0. The summed E-state index contributed by atoms with van der Waals surface area (Å²) in [6.45, 7) is 1.20. The van der Waals surface area contributed by atoms with Crippen LogP contribution >= 0.6 is 0 Å². The van der Waals surface area contributed by atoms with E-state index in [1.807, 2.05) is 0 Å². The monoisotopic (exact) mass is 451 g/mol. The SMILES string of the molecule is C[C@H](NC(=O)[C@H](CCC(=O)O)NC(=O)OCc1ccccc1)C(=O)N[C@H](C=O)CC(=O)O. The van der Waals surface area contributed by atoms with Crippen LogP contribution in [0.4, 0.5) is 4.79 Å². The lowest BCUT2D eigenvalue weighted by atomic mass is 10.1. The topological polar surface area (TPSA) is 188 Å². The number of benzene rings is 1. The zero-order chi connectivity index (χ0) is 24.1. The molecule has 3 amide bonds. The highest BCUT2D eigenvalue weighted by atomic mass is 16.5. The van der Waals surface area contributed by atoms with E-state index >= 15 is 0 Å². The number of rotatable bonds is 13. The maximum absolute atomic E-state index is 12.5. The number of hydrogen-bond donors (Lipinski definition) is 5. The van der Waals surface area contributed by atoms with Crippen LogP contribution in [-0.2, 0) is 35.3 Å². The lowest BCUT2D eigenvalue weighted by molar-refractivity contribution is -0.139. The van der Waals surface area contributed by atoms with Gasteiger partial charge in [0.2, 0.25) is 11.8 Å². The van der Waals surface area contributed by atoms with Gasteiger partial charge in [-0.15, -0.1) is 0 Å². The van der Waals surface area contributed by atoms with Crippen LogP contribution in [0.2, 0.25) is 0 Å². The summed E-state index contributed by atoms with van der Waals surface area (Å²) in [5, 5.41) is 24.3. The molecule has 5 N–H and O–H groups in total. The zero-order valence-corrected chi connectivity index (χ0v) is 17.3. The molecule has 0 spiro atoms. The molecule has 0 aliphatic heterocycles. The summed E-state index contributed by atoms with van der Waals surface area (Å²) in [6, 6.07) is 4.92. The van der Waals surface area contributed by atoms with Crippen molar-refractivity contribution in [3.05, 3.63) is 35.9 Å². The van der Waals surface area contributed by atoms with Crippen LogP contribution in [0, 0.1) is 0 Å². The van der Waals surface area contributed by atoms with Crippen molar-refractivity contribution in [3.8, 4) is 0 Å². The van der Waals surface area contributed by atoms with Crippen LogP contribution in [0.3, 0.4) is 0 Å². The molecule has 1 rings (SSSR count). The van der Waals surface area contributed by atoms with E-state index in [0.717, 1.165) is 0 Å². The van der Waals surface area contributed by atoms with Gasteiger partial charge in [0.1, 0.15) is 25.0 Å². The maximum atomic E-state index is 12.5. The Morgan fingerprint density at radius 1 is 0.969 bits per heavy atom. The van der Waals surface area contributed by atoms with E-state index in [9.17, 15) is 28.8 Å². The minimum atomic E-state index is -1.31. The van der Waals surface area contributed by atoms with Crippen molar-refractivity contribution < 1.29 is 43.7 Å². The van der Waals surface area contributed by atoms with E-state index in [1.54, 1.807) is 30.3 Å². The number of amides is 3. The summed E-state index contributed by atoms with van der Waals surface area (Å²) in [5.41, 5.74) is 0.700. The van der Waals surface area contributed by atoms with Gasteiger partial charge in [-0.25, -0.2) is 4.79 Å². The normalized spacial score (nSPS) is 13.0. The highest BCUT2D eigenvalue weighted by Gasteiger charge is 2.26. The van der Waals surface area contributed by atoms with Gasteiger partial charge >= 0.3 is 18.0 Å². The summed E-state index contributed by atoms with van der Waals surface area (Å²) >= 11 is 0. The second-order valence-corrected chi connectivity index (χ2v) is 6.77. The summed E-state index contributed by atoms with van der Waals surface area (Å²) < 4.78 is 5.02. The predicted octanol–water partition coefficient (Wildman–Crippen LogP) is -0.191. The molecule has 3 atom stereocenters. The zero-order valence-electron chi connectivity index (χ0n) is 17.3. The number of aliphatic carboxylic acids is 2. The number of carboxylic acids is 2. The molecule has 0 saturated carbocycles. The number of aldehydes is 1. The molecule has 0 unspecified atom stereocenters. The number of carbonyl (C=O) groups excluding carboxylic acids is 4. The largest absolute Gasteiger partial charge is 0.481 e. The van der Waals surface area contributed by atoms with Crippen molar-refractivity contribution in [3.63, 3.8) is 0 Å². The molecule has 174 valence electrons. The third-order valence-electron chi connectivity index (χ3n) is 4.11. The molecule has 1 aromatic rings. The Balaban J connectivity index is 2.69. The number of carboxylic acid groups (broad SMARTS) is 2. The first-order valence-corrected chi connectivity index (χ1v) is 9.59. The van der Waals surface area contributed by atoms with Gasteiger partial charge in [0.05, 0.1) is 12.5 Å². The Morgan fingerprint density at radius 3 is 2.19 bits per heavy atom. The van der Waals surface area contributed by atoms with E-state index in [-0.39, 0.29) is 19.3 Å². The molecule has 0 bridgehead atoms. The van der Waals surface area contributed by atoms with Crippen LogP contribution < -0.4 is 16.0 Å². The average molecular weight is 451 g/mol. The van der Waals surface area contributed by atoms with Gasteiger partial charge < -0.3 is 35.7 Å². The molecule has 12 nitrogen and oxygen atoms in total. The number of carbonyl (C=O) groups is 6. The Kier molecular flexibility index (Phi) is 10.9. The molecule has 12 heteroatoms.